The first-order valence-electron chi connectivity index (χ1n) is 6.52. The molecule has 1 amide bonds. The van der Waals surface area contributed by atoms with Crippen LogP contribution in [0.15, 0.2) is 53.0 Å². The van der Waals surface area contributed by atoms with Crippen molar-refractivity contribution in [2.45, 2.75) is 13.0 Å². The Morgan fingerprint density at radius 2 is 1.68 bits per heavy atom. The molecule has 2 aromatic rings. The molecule has 0 spiro atoms. The molecule has 0 bridgehead atoms. The Kier molecular flexibility index (Phi) is 5.16. The molecule has 0 aliphatic carbocycles. The van der Waals surface area contributed by atoms with E-state index in [1.54, 1.807) is 24.3 Å². The molecule has 0 fully saturated rings. The van der Waals surface area contributed by atoms with Crippen molar-refractivity contribution in [3.8, 4) is 5.75 Å². The van der Waals surface area contributed by atoms with Crippen molar-refractivity contribution in [1.29, 1.82) is 0 Å². The highest BCUT2D eigenvalue weighted by Crippen LogP contribution is 2.15. The normalized spacial score (nSPS) is 11.5. The van der Waals surface area contributed by atoms with E-state index in [0.717, 1.165) is 4.47 Å². The summed E-state index contributed by atoms with van der Waals surface area (Å²) in [5.41, 5.74) is 0.877. The van der Waals surface area contributed by atoms with Crippen LogP contribution in [-0.2, 0) is 9.53 Å². The number of hydrogen-bond donors (Lipinski definition) is 2. The van der Waals surface area contributed by atoms with E-state index in [1.165, 1.54) is 31.2 Å². The molecule has 0 heterocycles. The average molecular weight is 364 g/mol. The molecular weight excluding hydrogens is 350 g/mol. The lowest BCUT2D eigenvalue weighted by atomic mass is 10.2. The van der Waals surface area contributed by atoms with Crippen LogP contribution in [0.2, 0.25) is 0 Å². The predicted octanol–water partition coefficient (Wildman–Crippen LogP) is 3.34. The molecule has 0 saturated carbocycles. The summed E-state index contributed by atoms with van der Waals surface area (Å²) in [5, 5.41) is 11.8. The Morgan fingerprint density at radius 1 is 1.09 bits per heavy atom. The number of phenols is 1. The van der Waals surface area contributed by atoms with Crippen molar-refractivity contribution >= 4 is 33.5 Å². The standard InChI is InChI=1S/C16H14BrNO4/c1-10(15(20)18-13-6-4-12(17)5-7-13)22-16(21)11-2-8-14(19)9-3-11/h2-10,19H,1H3,(H,18,20)/t10-/m0/s1. The molecule has 2 rings (SSSR count). The third-order valence-electron chi connectivity index (χ3n) is 2.87. The maximum Gasteiger partial charge on any atom is 0.338 e. The van der Waals surface area contributed by atoms with Crippen LogP contribution in [-0.4, -0.2) is 23.1 Å². The molecule has 5 nitrogen and oxygen atoms in total. The fraction of sp³-hybridized carbons (Fsp3) is 0.125. The molecule has 114 valence electrons. The van der Waals surface area contributed by atoms with Crippen molar-refractivity contribution in [1.82, 2.24) is 0 Å². The van der Waals surface area contributed by atoms with Crippen molar-refractivity contribution in [2.75, 3.05) is 5.32 Å². The Morgan fingerprint density at radius 3 is 2.27 bits per heavy atom. The summed E-state index contributed by atoms with van der Waals surface area (Å²) in [6.45, 7) is 1.49. The third-order valence-corrected chi connectivity index (χ3v) is 3.40. The molecule has 0 aromatic heterocycles. The van der Waals surface area contributed by atoms with Gasteiger partial charge in [0.2, 0.25) is 0 Å². The van der Waals surface area contributed by atoms with Crippen LogP contribution in [0.4, 0.5) is 5.69 Å². The maximum atomic E-state index is 12.0. The highest BCUT2D eigenvalue weighted by molar-refractivity contribution is 9.10. The van der Waals surface area contributed by atoms with Crippen LogP contribution in [0.25, 0.3) is 0 Å². The molecule has 0 radical (unpaired) electrons. The van der Waals surface area contributed by atoms with E-state index in [0.29, 0.717) is 5.69 Å². The highest BCUT2D eigenvalue weighted by atomic mass is 79.9. The van der Waals surface area contributed by atoms with Crippen LogP contribution >= 0.6 is 15.9 Å². The number of hydrogen-bond acceptors (Lipinski definition) is 4. The number of halogens is 1. The first-order valence-corrected chi connectivity index (χ1v) is 7.31. The maximum absolute atomic E-state index is 12.0. The molecule has 0 aliphatic heterocycles. The van der Waals surface area contributed by atoms with Gasteiger partial charge in [-0.15, -0.1) is 0 Å². The Hall–Kier alpha value is -2.34. The van der Waals surface area contributed by atoms with Gasteiger partial charge >= 0.3 is 5.97 Å². The van der Waals surface area contributed by atoms with Gasteiger partial charge in [0.15, 0.2) is 6.10 Å². The van der Waals surface area contributed by atoms with Crippen molar-refractivity contribution in [3.05, 3.63) is 58.6 Å². The number of phenolic OH excluding ortho intramolecular Hbond substituents is 1. The average Bonchev–Trinajstić information content (AvgIpc) is 2.50. The first-order chi connectivity index (χ1) is 10.5. The molecular formula is C16H14BrNO4. The minimum Gasteiger partial charge on any atom is -0.508 e. The van der Waals surface area contributed by atoms with Crippen LogP contribution in [0, 0.1) is 0 Å². The minimum atomic E-state index is -0.940. The summed E-state index contributed by atoms with van der Waals surface area (Å²) in [7, 11) is 0. The van der Waals surface area contributed by atoms with Crippen LogP contribution in [0.3, 0.4) is 0 Å². The van der Waals surface area contributed by atoms with E-state index in [2.05, 4.69) is 21.2 Å². The van der Waals surface area contributed by atoms with Gasteiger partial charge in [0.05, 0.1) is 5.56 Å². The van der Waals surface area contributed by atoms with Gasteiger partial charge in [-0.1, -0.05) is 15.9 Å². The zero-order chi connectivity index (χ0) is 16.1. The Bertz CT molecular complexity index is 668. The highest BCUT2D eigenvalue weighted by Gasteiger charge is 2.19. The molecule has 0 saturated heterocycles. The zero-order valence-electron chi connectivity index (χ0n) is 11.7. The largest absolute Gasteiger partial charge is 0.508 e. The fourth-order valence-corrected chi connectivity index (χ4v) is 1.92. The van der Waals surface area contributed by atoms with E-state index in [9.17, 15) is 14.7 Å². The van der Waals surface area contributed by atoms with Gasteiger partial charge in [0.25, 0.3) is 5.91 Å². The molecule has 2 N–H and O–H groups in total. The number of anilines is 1. The molecule has 0 aliphatic rings. The van der Waals surface area contributed by atoms with Gasteiger partial charge in [0, 0.05) is 10.2 Å². The van der Waals surface area contributed by atoms with E-state index in [1.807, 2.05) is 0 Å². The number of carbonyl (C=O) groups is 2. The van der Waals surface area contributed by atoms with E-state index in [4.69, 9.17) is 4.74 Å². The van der Waals surface area contributed by atoms with Crippen LogP contribution in [0.5, 0.6) is 5.75 Å². The summed E-state index contributed by atoms with van der Waals surface area (Å²) in [5.74, 6) is -0.995. The lowest BCUT2D eigenvalue weighted by Crippen LogP contribution is -2.29. The molecule has 2 aromatic carbocycles. The number of aromatic hydroxyl groups is 1. The summed E-state index contributed by atoms with van der Waals surface area (Å²) in [6, 6.07) is 12.7. The van der Waals surface area contributed by atoms with E-state index < -0.39 is 18.0 Å². The van der Waals surface area contributed by atoms with Crippen molar-refractivity contribution in [2.24, 2.45) is 0 Å². The number of benzene rings is 2. The Balaban J connectivity index is 1.94. The first kappa shape index (κ1) is 16.0. The second-order valence-corrected chi connectivity index (χ2v) is 5.51. The van der Waals surface area contributed by atoms with Crippen LogP contribution in [0.1, 0.15) is 17.3 Å². The smallest absolute Gasteiger partial charge is 0.338 e. The predicted molar refractivity (Wildman–Crippen MR) is 85.8 cm³/mol. The molecule has 6 heteroatoms. The number of ether oxygens (including phenoxy) is 1. The van der Waals surface area contributed by atoms with Crippen molar-refractivity contribution in [3.63, 3.8) is 0 Å². The molecule has 22 heavy (non-hydrogen) atoms. The van der Waals surface area contributed by atoms with Crippen molar-refractivity contribution < 1.29 is 19.4 Å². The van der Waals surface area contributed by atoms with Gasteiger partial charge < -0.3 is 15.2 Å². The second kappa shape index (κ2) is 7.09. The third kappa shape index (κ3) is 4.33. The van der Waals surface area contributed by atoms with Crippen LogP contribution < -0.4 is 5.32 Å². The summed E-state index contributed by atoms with van der Waals surface area (Å²) in [6.07, 6.45) is -0.940. The summed E-state index contributed by atoms with van der Waals surface area (Å²) in [4.78, 5) is 23.9. The molecule has 1 atom stereocenters. The van der Waals surface area contributed by atoms with Gasteiger partial charge in [-0.3, -0.25) is 4.79 Å². The van der Waals surface area contributed by atoms with Gasteiger partial charge in [-0.2, -0.15) is 0 Å². The van der Waals surface area contributed by atoms with Gasteiger partial charge in [0.1, 0.15) is 5.75 Å². The topological polar surface area (TPSA) is 75.6 Å². The molecule has 0 unspecified atom stereocenters. The second-order valence-electron chi connectivity index (χ2n) is 4.59. The lowest BCUT2D eigenvalue weighted by molar-refractivity contribution is -0.123. The number of nitrogens with one attached hydrogen (secondary N) is 1. The Labute approximate surface area is 136 Å². The lowest BCUT2D eigenvalue weighted by Gasteiger charge is -2.13. The minimum absolute atomic E-state index is 0.0533. The SMILES string of the molecule is C[C@H](OC(=O)c1ccc(O)cc1)C(=O)Nc1ccc(Br)cc1. The summed E-state index contributed by atoms with van der Waals surface area (Å²) < 4.78 is 5.99. The van der Waals surface area contributed by atoms with E-state index in [-0.39, 0.29) is 11.3 Å². The fourth-order valence-electron chi connectivity index (χ4n) is 1.66. The zero-order valence-corrected chi connectivity index (χ0v) is 13.3. The number of carbonyl (C=O) groups excluding carboxylic acids is 2. The quantitative estimate of drug-likeness (QED) is 0.816. The summed E-state index contributed by atoms with van der Waals surface area (Å²) >= 11 is 3.30. The number of rotatable bonds is 4. The number of amides is 1. The number of esters is 1. The van der Waals surface area contributed by atoms with Gasteiger partial charge in [-0.25, -0.2) is 4.79 Å². The van der Waals surface area contributed by atoms with E-state index >= 15 is 0 Å². The van der Waals surface area contributed by atoms with Gasteiger partial charge in [-0.05, 0) is 55.5 Å². The monoisotopic (exact) mass is 363 g/mol.